The summed E-state index contributed by atoms with van der Waals surface area (Å²) in [7, 11) is 1.69. The molecular formula is C41H48Cl2N8O4. The molecule has 0 spiro atoms. The van der Waals surface area contributed by atoms with E-state index >= 15 is 0 Å². The topological polar surface area (TPSA) is 149 Å². The van der Waals surface area contributed by atoms with Gasteiger partial charge in [0.1, 0.15) is 0 Å². The van der Waals surface area contributed by atoms with Gasteiger partial charge >= 0.3 is 0 Å². The molecule has 3 N–H and O–H groups in total. The fraction of sp³-hybridized carbons (Fsp3) is 0.561. The Hall–Kier alpha value is -3.84. The molecule has 2 heterocycles. The monoisotopic (exact) mass is 786 g/mol. The lowest BCUT2D eigenvalue weighted by atomic mass is 10.0. The van der Waals surface area contributed by atoms with Gasteiger partial charge in [-0.25, -0.2) is 9.36 Å². The van der Waals surface area contributed by atoms with Gasteiger partial charge < -0.3 is 20.5 Å². The fourth-order valence-electron chi connectivity index (χ4n) is 9.82. The number of methoxy groups -OCH3 is 1. The minimum Gasteiger partial charge on any atom is -0.394 e. The van der Waals surface area contributed by atoms with Crippen molar-refractivity contribution in [3.8, 4) is 0 Å². The highest BCUT2D eigenvalue weighted by Crippen LogP contribution is 2.63. The molecule has 0 radical (unpaired) electrons. The van der Waals surface area contributed by atoms with Crippen LogP contribution >= 0.6 is 23.2 Å². The first kappa shape index (κ1) is 36.8. The predicted molar refractivity (Wildman–Crippen MR) is 206 cm³/mol. The number of aliphatic hydroxyl groups excluding tert-OH is 1. The van der Waals surface area contributed by atoms with Crippen LogP contribution in [-0.4, -0.2) is 79.3 Å². The molecule has 14 heteroatoms. The van der Waals surface area contributed by atoms with Crippen molar-refractivity contribution in [3.63, 3.8) is 0 Å². The molecule has 2 aromatic carbocycles. The van der Waals surface area contributed by atoms with Crippen molar-refractivity contribution in [2.75, 3.05) is 20.3 Å². The van der Waals surface area contributed by atoms with E-state index in [1.165, 1.54) is 25.7 Å². The molecule has 55 heavy (non-hydrogen) atoms. The third-order valence-corrected chi connectivity index (χ3v) is 13.6. The Kier molecular flexibility index (Phi) is 10.2. The smallest absolute Gasteiger partial charge is 0.251 e. The molecule has 0 bridgehead atoms. The number of carbonyl (C=O) groups is 2. The highest BCUT2D eigenvalue weighted by Gasteiger charge is 2.60. The third kappa shape index (κ3) is 7.93. The van der Waals surface area contributed by atoms with Gasteiger partial charge in [-0.05, 0) is 135 Å². The molecule has 4 aromatic rings. The Morgan fingerprint density at radius 1 is 0.709 bits per heavy atom. The summed E-state index contributed by atoms with van der Waals surface area (Å²) >= 11 is 11.8. The summed E-state index contributed by atoms with van der Waals surface area (Å²) in [6.45, 7) is 0.508. The molecule has 6 fully saturated rings. The minimum atomic E-state index is -0.193. The summed E-state index contributed by atoms with van der Waals surface area (Å²) in [5.74, 6) is 4.25. The molecule has 2 aromatic heterocycles. The molecule has 12 nitrogen and oxygen atoms in total. The summed E-state index contributed by atoms with van der Waals surface area (Å²) in [5.41, 5.74) is 3.49. The Balaban J connectivity index is 0.000000144. The van der Waals surface area contributed by atoms with Crippen LogP contribution in [0, 0.1) is 35.5 Å². The van der Waals surface area contributed by atoms with Crippen LogP contribution in [0.1, 0.15) is 107 Å². The van der Waals surface area contributed by atoms with E-state index in [0.717, 1.165) is 37.1 Å². The molecule has 6 aliphatic rings. The van der Waals surface area contributed by atoms with E-state index in [9.17, 15) is 14.7 Å². The maximum Gasteiger partial charge on any atom is 0.251 e. The number of hydrogen-bond donors (Lipinski definition) is 3. The first-order chi connectivity index (χ1) is 26.8. The van der Waals surface area contributed by atoms with Crippen LogP contribution in [0.25, 0.3) is 0 Å². The zero-order valence-corrected chi connectivity index (χ0v) is 32.4. The Bertz CT molecular complexity index is 1970. The van der Waals surface area contributed by atoms with Crippen LogP contribution in [-0.2, 0) is 4.74 Å². The summed E-state index contributed by atoms with van der Waals surface area (Å²) in [6, 6.07) is 14.5. The number of carbonyl (C=O) groups excluding carboxylic acids is 2. The number of benzene rings is 2. The van der Waals surface area contributed by atoms with Gasteiger partial charge in [-0.1, -0.05) is 33.6 Å². The van der Waals surface area contributed by atoms with Gasteiger partial charge in [0, 0.05) is 52.5 Å². The summed E-state index contributed by atoms with van der Waals surface area (Å²) in [5, 5.41) is 34.6. The van der Waals surface area contributed by atoms with Crippen molar-refractivity contribution in [1.29, 1.82) is 0 Å². The molecule has 2 amide bonds. The lowest BCUT2D eigenvalue weighted by Gasteiger charge is -2.22. The predicted octanol–water partition coefficient (Wildman–Crippen LogP) is 6.25. The molecule has 0 aliphatic heterocycles. The van der Waals surface area contributed by atoms with Gasteiger partial charge in [0.25, 0.3) is 11.8 Å². The third-order valence-electron chi connectivity index (χ3n) is 13.1. The van der Waals surface area contributed by atoms with Crippen molar-refractivity contribution >= 4 is 35.0 Å². The molecule has 6 unspecified atom stereocenters. The molecule has 6 aliphatic carbocycles. The fourth-order valence-corrected chi connectivity index (χ4v) is 10.1. The highest BCUT2D eigenvalue weighted by molar-refractivity contribution is 6.31. The zero-order valence-electron chi connectivity index (χ0n) is 30.9. The van der Waals surface area contributed by atoms with Crippen molar-refractivity contribution in [1.82, 2.24) is 40.6 Å². The quantitative estimate of drug-likeness (QED) is 0.144. The second kappa shape index (κ2) is 15.2. The Labute approximate surface area is 330 Å². The van der Waals surface area contributed by atoms with Crippen LogP contribution in [0.3, 0.4) is 0 Å². The van der Waals surface area contributed by atoms with Crippen LogP contribution < -0.4 is 10.6 Å². The Morgan fingerprint density at radius 2 is 1.11 bits per heavy atom. The van der Waals surface area contributed by atoms with E-state index in [1.54, 1.807) is 55.6 Å². The number of nitrogens with one attached hydrogen (secondary N) is 2. The lowest BCUT2D eigenvalue weighted by Crippen LogP contribution is -2.41. The number of hydrogen-bond acceptors (Lipinski definition) is 8. The molecule has 0 saturated heterocycles. The summed E-state index contributed by atoms with van der Waals surface area (Å²) < 4.78 is 9.53. The number of fused-ring (bicyclic) bond motifs is 2. The van der Waals surface area contributed by atoms with E-state index in [0.29, 0.717) is 87.2 Å². The van der Waals surface area contributed by atoms with E-state index in [1.807, 2.05) is 4.68 Å². The number of nitrogens with zero attached hydrogens (tertiary/aromatic N) is 6. The van der Waals surface area contributed by atoms with Crippen molar-refractivity contribution in [3.05, 3.63) is 93.5 Å². The molecule has 6 saturated carbocycles. The number of ether oxygens (including phenoxy) is 1. The Morgan fingerprint density at radius 3 is 1.49 bits per heavy atom. The second-order valence-corrected chi connectivity index (χ2v) is 17.5. The first-order valence-corrected chi connectivity index (χ1v) is 20.6. The molecule has 10 atom stereocenters. The van der Waals surface area contributed by atoms with Crippen molar-refractivity contribution < 1.29 is 19.4 Å². The van der Waals surface area contributed by atoms with Crippen LogP contribution in [0.5, 0.6) is 0 Å². The number of amides is 2. The van der Waals surface area contributed by atoms with Gasteiger partial charge in [0.05, 0.1) is 48.8 Å². The highest BCUT2D eigenvalue weighted by atomic mass is 35.5. The minimum absolute atomic E-state index is 0.0309. The largest absolute Gasteiger partial charge is 0.394 e. The summed E-state index contributed by atoms with van der Waals surface area (Å²) in [4.78, 5) is 25.1. The zero-order chi connectivity index (χ0) is 37.8. The molecule has 10 rings (SSSR count). The second-order valence-electron chi connectivity index (χ2n) is 16.7. The standard InChI is InChI=1S/C21H25ClN4O2.C20H23ClN4O2/c1-28-11-19(23-21(27)13-4-6-14(22)7-5-13)20-16-8-15(9-17(16)20)26-10-18(24-25-26)12-2-3-12;21-13-5-3-12(4-6-13)20(27)22-18(10-26)19-15-7-14(8-16(15)19)25-9-17(23-24-25)11-1-2-11/h4-7,10,12,15-17,19-20H,2-3,8-9,11H2,1H3,(H,23,27);3-6,9,11,14-16,18-19,26H,1-2,7-8,10H2,(H,22,27)/t15?,16-,17+,19?,20?;14?,15-,16+,18?,19?. The van der Waals surface area contributed by atoms with E-state index in [2.05, 4.69) is 48.3 Å². The number of halogens is 2. The van der Waals surface area contributed by atoms with Crippen molar-refractivity contribution in [2.45, 2.75) is 87.4 Å². The van der Waals surface area contributed by atoms with Crippen LogP contribution in [0.2, 0.25) is 10.0 Å². The molecular weight excluding hydrogens is 739 g/mol. The molecule has 290 valence electrons. The maximum absolute atomic E-state index is 12.6. The van der Waals surface area contributed by atoms with Gasteiger partial charge in [0.15, 0.2) is 0 Å². The van der Waals surface area contributed by atoms with E-state index in [4.69, 9.17) is 27.9 Å². The first-order valence-electron chi connectivity index (χ1n) is 19.8. The SMILES string of the molecule is COCC(NC(=O)c1ccc(Cl)cc1)C1[C@H]2CC(n3cc(C4CC4)nn3)C[C@@H]12.O=C(NC(CO)C1[C@H]2CC(n3cc(C4CC4)nn3)C[C@@H]12)c1ccc(Cl)cc1. The maximum atomic E-state index is 12.6. The van der Waals surface area contributed by atoms with Gasteiger partial charge in [-0.15, -0.1) is 10.2 Å². The number of rotatable bonds is 13. The summed E-state index contributed by atoms with van der Waals surface area (Å²) in [6.07, 6.45) is 13.6. The number of aromatic nitrogens is 6. The lowest BCUT2D eigenvalue weighted by molar-refractivity contribution is 0.0870. The van der Waals surface area contributed by atoms with Gasteiger partial charge in [0.2, 0.25) is 0 Å². The van der Waals surface area contributed by atoms with Crippen molar-refractivity contribution in [2.24, 2.45) is 35.5 Å². The van der Waals surface area contributed by atoms with E-state index < -0.39 is 0 Å². The van der Waals surface area contributed by atoms with Gasteiger partial charge in [-0.2, -0.15) is 0 Å². The van der Waals surface area contributed by atoms with Crippen LogP contribution in [0.4, 0.5) is 0 Å². The van der Waals surface area contributed by atoms with Crippen LogP contribution in [0.15, 0.2) is 60.9 Å². The average molecular weight is 788 g/mol. The average Bonchev–Trinajstić information content (AvgIpc) is 4.19. The normalized spacial score (nSPS) is 29.7. The van der Waals surface area contributed by atoms with Gasteiger partial charge in [-0.3, -0.25) is 9.59 Å². The van der Waals surface area contributed by atoms with E-state index in [-0.39, 0.29) is 30.5 Å². The number of aliphatic hydroxyl groups is 1.